The number of nitrogens with one attached hydrogen (secondary N) is 2. The second-order valence-electron chi connectivity index (χ2n) is 10.9. The topological polar surface area (TPSA) is 100 Å². The van der Waals surface area contributed by atoms with Crippen LogP contribution in [0.15, 0.2) is 16.9 Å². The van der Waals surface area contributed by atoms with Crippen LogP contribution in [0, 0.1) is 33.5 Å². The van der Waals surface area contributed by atoms with Gasteiger partial charge >= 0.3 is 0 Å². The van der Waals surface area contributed by atoms with E-state index in [0.717, 1.165) is 57.3 Å². The van der Waals surface area contributed by atoms with Crippen molar-refractivity contribution in [3.63, 3.8) is 0 Å². The molecule has 0 amide bonds. The molecule has 5 aliphatic rings. The van der Waals surface area contributed by atoms with Gasteiger partial charge in [-0.25, -0.2) is 0 Å². The first kappa shape index (κ1) is 20.6. The number of nitrogens with zero attached hydrogens (tertiary/aromatic N) is 1. The van der Waals surface area contributed by atoms with E-state index < -0.39 is 17.1 Å². The van der Waals surface area contributed by atoms with E-state index in [0.29, 0.717) is 30.5 Å². The highest BCUT2D eigenvalue weighted by atomic mass is 16.7. The molecule has 0 aromatic heterocycles. The van der Waals surface area contributed by atoms with E-state index in [9.17, 15) is 14.8 Å². The molecule has 1 saturated heterocycles. The summed E-state index contributed by atoms with van der Waals surface area (Å²) in [6.07, 6.45) is 8.50. The van der Waals surface area contributed by atoms with Gasteiger partial charge in [-0.1, -0.05) is 19.0 Å². The number of hydrogen-bond donors (Lipinski definition) is 3. The Morgan fingerprint density at radius 1 is 1.20 bits per heavy atom. The van der Waals surface area contributed by atoms with E-state index in [1.807, 2.05) is 6.08 Å². The van der Waals surface area contributed by atoms with Gasteiger partial charge in [0.15, 0.2) is 0 Å². The molecule has 4 aliphatic carbocycles. The van der Waals surface area contributed by atoms with Crippen molar-refractivity contribution >= 4 is 5.78 Å². The van der Waals surface area contributed by atoms with Crippen molar-refractivity contribution in [2.24, 2.45) is 33.8 Å². The second-order valence-corrected chi connectivity index (χ2v) is 10.9. The highest BCUT2D eigenvalue weighted by molar-refractivity contribution is 5.87. The molecule has 8 atom stereocenters. The number of Topliss-reactive ketones (excluding diaryl/α,β-unsaturated/α-hetero) is 1. The Kier molecular flexibility index (Phi) is 4.88. The molecular formula is C23H35N3O4. The molecule has 5 rings (SSSR count). The summed E-state index contributed by atoms with van der Waals surface area (Å²) >= 11 is 0. The molecule has 30 heavy (non-hydrogen) atoms. The lowest BCUT2D eigenvalue weighted by Crippen LogP contribution is -2.66. The standard InChI is InChI=1S/C23H35N3O4/c1-21-8-6-18-16(17(21)3-4-20(21)27)11-19(25-29)23(28)12-14(5-9-22(18,23)2)26-30-15-7-10-24-13-15/h12,15-19,24,26,28H,3-11,13H2,1-2H3/t15-,16-,17-,18-,19?,21-,22+,23-/m0/s1. The molecule has 3 N–H and O–H groups in total. The summed E-state index contributed by atoms with van der Waals surface area (Å²) in [4.78, 5) is 30.4. The van der Waals surface area contributed by atoms with Crippen molar-refractivity contribution < 1.29 is 14.7 Å². The maximum atomic E-state index is 12.6. The average molecular weight is 418 g/mol. The Labute approximate surface area is 178 Å². The van der Waals surface area contributed by atoms with E-state index in [4.69, 9.17) is 4.84 Å². The molecule has 0 aromatic carbocycles. The predicted octanol–water partition coefficient (Wildman–Crippen LogP) is 2.83. The van der Waals surface area contributed by atoms with Gasteiger partial charge < -0.3 is 10.4 Å². The lowest BCUT2D eigenvalue weighted by molar-refractivity contribution is -0.179. The number of carbonyl (C=O) groups excluding carboxylic acids is 1. The van der Waals surface area contributed by atoms with Crippen molar-refractivity contribution in [2.75, 3.05) is 13.1 Å². The summed E-state index contributed by atoms with van der Waals surface area (Å²) in [5, 5.41) is 18.7. The molecule has 1 heterocycles. The number of aliphatic hydroxyl groups is 1. The first-order valence-electron chi connectivity index (χ1n) is 11.7. The zero-order valence-electron chi connectivity index (χ0n) is 18.2. The Bertz CT molecular complexity index is 766. The van der Waals surface area contributed by atoms with Crippen LogP contribution in [0.25, 0.3) is 0 Å². The summed E-state index contributed by atoms with van der Waals surface area (Å²) in [6.45, 7) is 6.06. The highest BCUT2D eigenvalue weighted by Gasteiger charge is 2.67. The minimum Gasteiger partial charge on any atom is -0.383 e. The third kappa shape index (κ3) is 2.77. The van der Waals surface area contributed by atoms with E-state index in [2.05, 4.69) is 29.8 Å². The molecule has 7 heteroatoms. The Hall–Kier alpha value is -1.31. The fraction of sp³-hybridized carbons (Fsp3) is 0.870. The number of carbonyl (C=O) groups is 1. The van der Waals surface area contributed by atoms with Gasteiger partial charge in [-0.05, 0) is 75.3 Å². The summed E-state index contributed by atoms with van der Waals surface area (Å²) in [6, 6.07) is -0.688. The molecule has 0 bridgehead atoms. The molecule has 7 nitrogen and oxygen atoms in total. The molecule has 1 unspecified atom stereocenters. The Morgan fingerprint density at radius 2 is 2.03 bits per heavy atom. The number of ketones is 1. The van der Waals surface area contributed by atoms with Crippen molar-refractivity contribution in [3.05, 3.63) is 16.7 Å². The van der Waals surface area contributed by atoms with Crippen LogP contribution in [0.3, 0.4) is 0 Å². The van der Waals surface area contributed by atoms with Crippen molar-refractivity contribution in [1.29, 1.82) is 0 Å². The van der Waals surface area contributed by atoms with E-state index in [1.54, 1.807) is 0 Å². The van der Waals surface area contributed by atoms with Gasteiger partial charge in [0.25, 0.3) is 0 Å². The molecule has 0 spiro atoms. The number of hydroxylamine groups is 1. The fourth-order valence-corrected chi connectivity index (χ4v) is 7.76. The fourth-order valence-electron chi connectivity index (χ4n) is 7.76. The lowest BCUT2D eigenvalue weighted by atomic mass is 9.43. The van der Waals surface area contributed by atoms with Gasteiger partial charge in [0, 0.05) is 29.5 Å². The van der Waals surface area contributed by atoms with E-state index >= 15 is 0 Å². The molecular weight excluding hydrogens is 382 g/mol. The van der Waals surface area contributed by atoms with Crippen LogP contribution < -0.4 is 10.8 Å². The van der Waals surface area contributed by atoms with E-state index in [-0.39, 0.29) is 17.4 Å². The van der Waals surface area contributed by atoms with Gasteiger partial charge in [-0.2, -0.15) is 4.91 Å². The molecule has 3 saturated carbocycles. The minimum atomic E-state index is -1.27. The normalized spacial score (nSPS) is 50.3. The zero-order chi connectivity index (χ0) is 21.1. The van der Waals surface area contributed by atoms with Crippen LogP contribution in [0.1, 0.15) is 65.2 Å². The third-order valence-electron chi connectivity index (χ3n) is 9.69. The smallest absolute Gasteiger partial charge is 0.139 e. The summed E-state index contributed by atoms with van der Waals surface area (Å²) < 4.78 is 0. The number of allylic oxidation sites excluding steroid dienone is 1. The number of rotatable bonds is 4. The van der Waals surface area contributed by atoms with Gasteiger partial charge in [0.05, 0.1) is 6.10 Å². The van der Waals surface area contributed by atoms with Crippen LogP contribution in [-0.4, -0.2) is 41.7 Å². The second kappa shape index (κ2) is 7.10. The Morgan fingerprint density at radius 3 is 2.77 bits per heavy atom. The summed E-state index contributed by atoms with van der Waals surface area (Å²) in [7, 11) is 0. The molecule has 166 valence electrons. The monoisotopic (exact) mass is 417 g/mol. The first-order valence-corrected chi connectivity index (χ1v) is 11.7. The quantitative estimate of drug-likeness (QED) is 0.480. The predicted molar refractivity (Wildman–Crippen MR) is 112 cm³/mol. The lowest BCUT2D eigenvalue weighted by Gasteiger charge is -2.62. The van der Waals surface area contributed by atoms with Gasteiger partial charge in [0.1, 0.15) is 17.4 Å². The van der Waals surface area contributed by atoms with Crippen molar-refractivity contribution in [1.82, 2.24) is 10.8 Å². The molecule has 0 radical (unpaired) electrons. The average Bonchev–Trinajstić information content (AvgIpc) is 3.35. The highest BCUT2D eigenvalue weighted by Crippen LogP contribution is 2.66. The molecule has 4 fully saturated rings. The molecule has 1 aliphatic heterocycles. The number of fused-ring (bicyclic) bond motifs is 5. The zero-order valence-corrected chi connectivity index (χ0v) is 18.2. The van der Waals surface area contributed by atoms with Crippen LogP contribution in [0.5, 0.6) is 0 Å². The van der Waals surface area contributed by atoms with Crippen LogP contribution >= 0.6 is 0 Å². The van der Waals surface area contributed by atoms with Crippen LogP contribution in [-0.2, 0) is 9.63 Å². The summed E-state index contributed by atoms with van der Waals surface area (Å²) in [5.41, 5.74) is 1.99. The van der Waals surface area contributed by atoms with E-state index in [1.165, 1.54) is 0 Å². The number of nitroso groups, excluding NO2 is 1. The SMILES string of the molecule is C[C@]12CC[C@H]3[C@@H](CC(N=O)[C@@]4(O)C=C(NO[C@H]5CCNC5)CC[C@]34C)[C@@H]1CCC2=O. The van der Waals surface area contributed by atoms with Gasteiger partial charge in [-0.15, -0.1) is 0 Å². The van der Waals surface area contributed by atoms with Crippen molar-refractivity contribution in [3.8, 4) is 0 Å². The van der Waals surface area contributed by atoms with Gasteiger partial charge in [0.2, 0.25) is 0 Å². The maximum absolute atomic E-state index is 12.6. The maximum Gasteiger partial charge on any atom is 0.139 e. The Balaban J connectivity index is 1.43. The number of hydrogen-bond acceptors (Lipinski definition) is 7. The first-order chi connectivity index (χ1) is 14.3. The van der Waals surface area contributed by atoms with Crippen LogP contribution in [0.2, 0.25) is 0 Å². The largest absolute Gasteiger partial charge is 0.383 e. The third-order valence-corrected chi connectivity index (χ3v) is 9.69. The van der Waals surface area contributed by atoms with Crippen LogP contribution in [0.4, 0.5) is 0 Å². The summed E-state index contributed by atoms with van der Waals surface area (Å²) in [5.74, 6) is 1.30. The minimum absolute atomic E-state index is 0.125. The van der Waals surface area contributed by atoms with Crippen molar-refractivity contribution in [2.45, 2.75) is 83.0 Å². The van der Waals surface area contributed by atoms with Gasteiger partial charge in [-0.3, -0.25) is 15.1 Å². The molecule has 0 aromatic rings.